The molecule has 0 unspecified atom stereocenters. The van der Waals surface area contributed by atoms with Gasteiger partial charge in [-0.2, -0.15) is 0 Å². The Morgan fingerprint density at radius 2 is 1.37 bits per heavy atom. The number of rotatable bonds is 9. The van der Waals surface area contributed by atoms with Crippen molar-refractivity contribution in [2.24, 2.45) is 5.16 Å². The maximum absolute atomic E-state index is 10.5. The number of nitrogens with zero attached hydrogens (tertiary/aromatic N) is 3. The van der Waals surface area contributed by atoms with Crippen molar-refractivity contribution in [3.05, 3.63) is 89.5 Å². The van der Waals surface area contributed by atoms with Crippen LogP contribution in [0.3, 0.4) is 0 Å². The van der Waals surface area contributed by atoms with Gasteiger partial charge in [-0.25, -0.2) is 0 Å². The zero-order valence-corrected chi connectivity index (χ0v) is 20.3. The summed E-state index contributed by atoms with van der Waals surface area (Å²) in [5, 5.41) is 15.0. The topological polar surface area (TPSA) is 57.5 Å². The molecule has 1 saturated heterocycles. The summed E-state index contributed by atoms with van der Waals surface area (Å²) < 4.78 is 5.86. The van der Waals surface area contributed by atoms with Crippen LogP contribution in [0.5, 0.6) is 5.75 Å². The Morgan fingerprint density at radius 1 is 0.800 bits per heavy atom. The highest BCUT2D eigenvalue weighted by Crippen LogP contribution is 2.36. The molecule has 1 heterocycles. The van der Waals surface area contributed by atoms with Crippen LogP contribution in [0.25, 0.3) is 11.1 Å². The monoisotopic (exact) mass is 471 g/mol. The number of fused-ring (bicyclic) bond motifs is 3. The summed E-state index contributed by atoms with van der Waals surface area (Å²) >= 11 is 0. The molecule has 2 aliphatic rings. The van der Waals surface area contributed by atoms with Gasteiger partial charge < -0.3 is 14.7 Å². The molecule has 3 aromatic carbocycles. The van der Waals surface area contributed by atoms with Crippen LogP contribution in [-0.4, -0.2) is 79.2 Å². The van der Waals surface area contributed by atoms with Gasteiger partial charge in [0.2, 0.25) is 0 Å². The minimum absolute atomic E-state index is 0.179. The van der Waals surface area contributed by atoms with E-state index in [0.717, 1.165) is 55.3 Å². The Balaban J connectivity index is 1.05. The molecule has 0 bridgehead atoms. The van der Waals surface area contributed by atoms with Gasteiger partial charge in [-0.1, -0.05) is 71.4 Å². The first-order chi connectivity index (χ1) is 17.2. The Kier molecular flexibility index (Phi) is 7.42. The summed E-state index contributed by atoms with van der Waals surface area (Å²) in [5.74, 6) is 0.922. The summed E-state index contributed by atoms with van der Waals surface area (Å²) in [5.41, 5.74) is 6.57. The fourth-order valence-electron chi connectivity index (χ4n) is 4.75. The third-order valence-corrected chi connectivity index (χ3v) is 6.71. The maximum Gasteiger partial charge on any atom is 0.144 e. The molecular formula is C29H33N3O3. The minimum atomic E-state index is -0.581. The van der Waals surface area contributed by atoms with Crippen LogP contribution in [0.15, 0.2) is 78.0 Å². The molecule has 182 valence electrons. The molecule has 0 aromatic heterocycles. The number of hydrogen-bond donors (Lipinski definition) is 1. The molecule has 1 atom stereocenters. The lowest BCUT2D eigenvalue weighted by molar-refractivity contribution is 0.00826. The Bertz CT molecular complexity index is 1110. The molecule has 6 nitrogen and oxygen atoms in total. The first-order valence-electron chi connectivity index (χ1n) is 12.4. The lowest BCUT2D eigenvalue weighted by Gasteiger charge is -2.35. The third kappa shape index (κ3) is 5.73. The number of aliphatic hydroxyl groups is 1. The zero-order chi connectivity index (χ0) is 24.0. The molecule has 0 saturated carbocycles. The van der Waals surface area contributed by atoms with Crippen molar-refractivity contribution in [3.63, 3.8) is 0 Å². The molecule has 1 aliphatic heterocycles. The second-order valence-electron chi connectivity index (χ2n) is 9.28. The van der Waals surface area contributed by atoms with Crippen molar-refractivity contribution in [2.75, 3.05) is 52.5 Å². The molecule has 0 radical (unpaired) electrons. The Hall–Kier alpha value is -3.19. The molecule has 3 aromatic rings. The van der Waals surface area contributed by atoms with E-state index in [1.165, 1.54) is 16.7 Å². The number of β-amino-alcohol motifs (C(OH)–C–C–N with tert-alkyl or cyclic N) is 1. The molecule has 1 fully saturated rings. The van der Waals surface area contributed by atoms with Crippen LogP contribution in [-0.2, 0) is 4.84 Å². The number of hydrogen-bond acceptors (Lipinski definition) is 6. The fraction of sp³-hybridized carbons (Fsp3) is 0.345. The predicted octanol–water partition coefficient (Wildman–Crippen LogP) is 3.80. The third-order valence-electron chi connectivity index (χ3n) is 6.71. The lowest BCUT2D eigenvalue weighted by atomic mass is 10.1. The summed E-state index contributed by atoms with van der Waals surface area (Å²) in [6.45, 7) is 8.24. The van der Waals surface area contributed by atoms with Crippen LogP contribution in [0.4, 0.5) is 0 Å². The number of ether oxygens (including phenoxy) is 1. The van der Waals surface area contributed by atoms with E-state index < -0.39 is 6.10 Å². The predicted molar refractivity (Wildman–Crippen MR) is 139 cm³/mol. The molecule has 0 amide bonds. The number of aliphatic hydroxyl groups excluding tert-OH is 1. The van der Waals surface area contributed by atoms with Crippen LogP contribution in [0.1, 0.15) is 16.7 Å². The molecule has 5 rings (SSSR count). The molecule has 1 aliphatic carbocycles. The standard InChI is InChI=1S/C29H33N3O3/c1-22-10-12-24(13-11-22)34-19-18-31-14-16-32(17-15-31)20-23(33)21-35-30-29-27-8-4-2-6-25(27)26-7-3-5-9-28(26)29/h2-13,23,33H,14-21H2,1H3/t23-/m1/s1. The van der Waals surface area contributed by atoms with E-state index in [9.17, 15) is 5.11 Å². The highest BCUT2D eigenvalue weighted by molar-refractivity contribution is 6.24. The van der Waals surface area contributed by atoms with E-state index in [1.54, 1.807) is 0 Å². The van der Waals surface area contributed by atoms with E-state index >= 15 is 0 Å². The minimum Gasteiger partial charge on any atom is -0.492 e. The SMILES string of the molecule is Cc1ccc(OCCN2CCN(C[C@@H](O)CON=C3c4ccccc4-c4ccccc43)CC2)cc1. The van der Waals surface area contributed by atoms with Crippen molar-refractivity contribution >= 4 is 5.71 Å². The van der Waals surface area contributed by atoms with Crippen LogP contribution in [0, 0.1) is 6.92 Å². The lowest BCUT2D eigenvalue weighted by Crippen LogP contribution is -2.49. The van der Waals surface area contributed by atoms with Gasteiger partial charge in [0.15, 0.2) is 0 Å². The Morgan fingerprint density at radius 3 is 2.00 bits per heavy atom. The zero-order valence-electron chi connectivity index (χ0n) is 20.3. The van der Waals surface area contributed by atoms with Crippen LogP contribution >= 0.6 is 0 Å². The molecule has 6 heteroatoms. The largest absolute Gasteiger partial charge is 0.492 e. The smallest absolute Gasteiger partial charge is 0.144 e. The van der Waals surface area contributed by atoms with Crippen LogP contribution < -0.4 is 4.74 Å². The van der Waals surface area contributed by atoms with Gasteiger partial charge in [0.05, 0.1) is 0 Å². The quantitative estimate of drug-likeness (QED) is 0.376. The van der Waals surface area contributed by atoms with Gasteiger partial charge in [0.1, 0.15) is 30.8 Å². The van der Waals surface area contributed by atoms with Gasteiger partial charge in [0, 0.05) is 50.4 Å². The highest BCUT2D eigenvalue weighted by atomic mass is 16.6. The maximum atomic E-state index is 10.5. The van der Waals surface area contributed by atoms with E-state index in [0.29, 0.717) is 13.2 Å². The van der Waals surface area contributed by atoms with Gasteiger partial charge in [-0.3, -0.25) is 9.80 Å². The average Bonchev–Trinajstić information content (AvgIpc) is 3.20. The molecule has 0 spiro atoms. The van der Waals surface area contributed by atoms with Crippen LogP contribution in [0.2, 0.25) is 0 Å². The molecule has 35 heavy (non-hydrogen) atoms. The van der Waals surface area contributed by atoms with Crippen molar-refractivity contribution in [2.45, 2.75) is 13.0 Å². The fourth-order valence-corrected chi connectivity index (χ4v) is 4.75. The van der Waals surface area contributed by atoms with Crippen molar-refractivity contribution in [3.8, 4) is 16.9 Å². The van der Waals surface area contributed by atoms with Gasteiger partial charge in [-0.15, -0.1) is 0 Å². The number of aryl methyl sites for hydroxylation is 1. The van der Waals surface area contributed by atoms with Crippen molar-refractivity contribution < 1.29 is 14.7 Å². The van der Waals surface area contributed by atoms with Crippen molar-refractivity contribution in [1.82, 2.24) is 9.80 Å². The summed E-state index contributed by atoms with van der Waals surface area (Å²) in [4.78, 5) is 10.3. The first-order valence-corrected chi connectivity index (χ1v) is 12.4. The summed E-state index contributed by atoms with van der Waals surface area (Å²) in [6.07, 6.45) is -0.581. The second-order valence-corrected chi connectivity index (χ2v) is 9.28. The average molecular weight is 472 g/mol. The van der Waals surface area contributed by atoms with Crippen molar-refractivity contribution in [1.29, 1.82) is 0 Å². The summed E-state index contributed by atoms with van der Waals surface area (Å²) in [6, 6.07) is 24.7. The first kappa shape index (κ1) is 23.5. The Labute approximate surface area is 207 Å². The number of oxime groups is 1. The molecular weight excluding hydrogens is 438 g/mol. The normalized spacial score (nSPS) is 16.5. The van der Waals surface area contributed by atoms with Gasteiger partial charge in [-0.05, 0) is 30.2 Å². The second kappa shape index (κ2) is 11.0. The van der Waals surface area contributed by atoms with E-state index in [4.69, 9.17) is 9.57 Å². The molecule has 1 N–H and O–H groups in total. The number of piperazine rings is 1. The van der Waals surface area contributed by atoms with Gasteiger partial charge in [0.25, 0.3) is 0 Å². The summed E-state index contributed by atoms with van der Waals surface area (Å²) in [7, 11) is 0. The van der Waals surface area contributed by atoms with E-state index in [2.05, 4.69) is 58.3 Å². The van der Waals surface area contributed by atoms with Gasteiger partial charge >= 0.3 is 0 Å². The van der Waals surface area contributed by atoms with E-state index in [-0.39, 0.29) is 6.61 Å². The number of benzene rings is 3. The van der Waals surface area contributed by atoms with E-state index in [1.807, 2.05) is 36.4 Å². The highest BCUT2D eigenvalue weighted by Gasteiger charge is 2.25.